The standard InChI is InChI=1S/C17H19BrN2O2/c1-10-2-5-12(6-3-10)19-17(22)14-9-16(21)20-15-7-4-11(18)8-13(14)15/h4,7-10,12H,2-3,5-6H2,1H3,(H,19,22)(H,20,21). The molecule has 0 spiro atoms. The third-order valence-electron chi connectivity index (χ3n) is 4.40. The monoisotopic (exact) mass is 362 g/mol. The number of carbonyl (C=O) groups is 1. The third-order valence-corrected chi connectivity index (χ3v) is 4.89. The number of fused-ring (bicyclic) bond motifs is 1. The van der Waals surface area contributed by atoms with Crippen molar-refractivity contribution in [3.8, 4) is 0 Å². The van der Waals surface area contributed by atoms with E-state index in [4.69, 9.17) is 0 Å². The summed E-state index contributed by atoms with van der Waals surface area (Å²) >= 11 is 3.42. The van der Waals surface area contributed by atoms with E-state index in [0.29, 0.717) is 11.1 Å². The van der Waals surface area contributed by atoms with Gasteiger partial charge in [-0.25, -0.2) is 0 Å². The molecule has 1 aliphatic rings. The fourth-order valence-corrected chi connectivity index (χ4v) is 3.44. The smallest absolute Gasteiger partial charge is 0.252 e. The number of nitrogens with one attached hydrogen (secondary N) is 2. The van der Waals surface area contributed by atoms with Gasteiger partial charge in [0, 0.05) is 27.5 Å². The molecule has 3 rings (SSSR count). The second-order valence-corrected chi connectivity index (χ2v) is 7.08. The zero-order valence-corrected chi connectivity index (χ0v) is 14.1. The lowest BCUT2D eigenvalue weighted by Crippen LogP contribution is -2.37. The first-order chi connectivity index (χ1) is 10.5. The van der Waals surface area contributed by atoms with Gasteiger partial charge in [0.25, 0.3) is 5.91 Å². The van der Waals surface area contributed by atoms with Crippen LogP contribution in [0.4, 0.5) is 0 Å². The van der Waals surface area contributed by atoms with Crippen molar-refractivity contribution in [2.75, 3.05) is 0 Å². The molecule has 1 fully saturated rings. The van der Waals surface area contributed by atoms with E-state index in [-0.39, 0.29) is 17.5 Å². The number of carbonyl (C=O) groups excluding carboxylic acids is 1. The minimum Gasteiger partial charge on any atom is -0.349 e. The predicted octanol–water partition coefficient (Wildman–Crippen LogP) is 3.60. The normalized spacial score (nSPS) is 21.7. The minimum atomic E-state index is -0.253. The van der Waals surface area contributed by atoms with E-state index in [1.54, 1.807) is 6.07 Å². The Morgan fingerprint density at radius 3 is 2.68 bits per heavy atom. The fraction of sp³-hybridized carbons (Fsp3) is 0.412. The van der Waals surface area contributed by atoms with Gasteiger partial charge in [-0.15, -0.1) is 0 Å². The van der Waals surface area contributed by atoms with Crippen LogP contribution in [0.15, 0.2) is 33.5 Å². The first-order valence-electron chi connectivity index (χ1n) is 7.66. The van der Waals surface area contributed by atoms with Crippen LogP contribution >= 0.6 is 15.9 Å². The average Bonchev–Trinajstić information content (AvgIpc) is 2.49. The third kappa shape index (κ3) is 3.24. The first-order valence-corrected chi connectivity index (χ1v) is 8.45. The number of amides is 1. The van der Waals surface area contributed by atoms with Gasteiger partial charge >= 0.3 is 0 Å². The summed E-state index contributed by atoms with van der Waals surface area (Å²) in [5.74, 6) is 0.582. The fourth-order valence-electron chi connectivity index (χ4n) is 3.08. The summed E-state index contributed by atoms with van der Waals surface area (Å²) < 4.78 is 0.882. The lowest BCUT2D eigenvalue weighted by Gasteiger charge is -2.27. The molecule has 22 heavy (non-hydrogen) atoms. The van der Waals surface area contributed by atoms with E-state index in [2.05, 4.69) is 33.2 Å². The molecule has 2 aromatic rings. The maximum atomic E-state index is 12.6. The summed E-state index contributed by atoms with van der Waals surface area (Å²) in [6.07, 6.45) is 4.31. The van der Waals surface area contributed by atoms with Crippen LogP contribution in [0.5, 0.6) is 0 Å². The molecule has 0 unspecified atom stereocenters. The van der Waals surface area contributed by atoms with Gasteiger partial charge in [0.15, 0.2) is 0 Å². The van der Waals surface area contributed by atoms with Crippen LogP contribution in [-0.2, 0) is 0 Å². The molecule has 1 saturated carbocycles. The lowest BCUT2D eigenvalue weighted by molar-refractivity contribution is 0.0924. The summed E-state index contributed by atoms with van der Waals surface area (Å²) in [6.45, 7) is 2.25. The molecule has 2 N–H and O–H groups in total. The molecule has 1 aromatic heterocycles. The molecule has 0 atom stereocenters. The van der Waals surface area contributed by atoms with Crippen molar-refractivity contribution in [3.05, 3.63) is 44.7 Å². The van der Waals surface area contributed by atoms with Crippen molar-refractivity contribution in [2.24, 2.45) is 5.92 Å². The highest BCUT2D eigenvalue weighted by atomic mass is 79.9. The van der Waals surface area contributed by atoms with E-state index in [1.165, 1.54) is 6.07 Å². The highest BCUT2D eigenvalue weighted by molar-refractivity contribution is 9.10. The van der Waals surface area contributed by atoms with Gasteiger partial charge < -0.3 is 10.3 Å². The van der Waals surface area contributed by atoms with E-state index in [9.17, 15) is 9.59 Å². The lowest BCUT2D eigenvalue weighted by atomic mass is 9.87. The second-order valence-electron chi connectivity index (χ2n) is 6.17. The first kappa shape index (κ1) is 15.3. The van der Waals surface area contributed by atoms with Gasteiger partial charge in [0.05, 0.1) is 5.56 Å². The van der Waals surface area contributed by atoms with Gasteiger partial charge in [0.1, 0.15) is 0 Å². The summed E-state index contributed by atoms with van der Waals surface area (Å²) in [6, 6.07) is 7.12. The van der Waals surface area contributed by atoms with Crippen LogP contribution in [0.25, 0.3) is 10.9 Å². The molecular formula is C17H19BrN2O2. The summed E-state index contributed by atoms with van der Waals surface area (Å²) in [5.41, 5.74) is 0.869. The van der Waals surface area contributed by atoms with Gasteiger partial charge in [-0.2, -0.15) is 0 Å². The van der Waals surface area contributed by atoms with Gasteiger partial charge in [-0.1, -0.05) is 22.9 Å². The number of hydrogen-bond donors (Lipinski definition) is 2. The van der Waals surface area contributed by atoms with E-state index >= 15 is 0 Å². The minimum absolute atomic E-state index is 0.159. The summed E-state index contributed by atoms with van der Waals surface area (Å²) in [4.78, 5) is 27.1. The number of halogens is 1. The van der Waals surface area contributed by atoms with Crippen LogP contribution in [0.2, 0.25) is 0 Å². The van der Waals surface area contributed by atoms with E-state index < -0.39 is 0 Å². The average molecular weight is 363 g/mol. The molecule has 0 radical (unpaired) electrons. The molecule has 0 aliphatic heterocycles. The van der Waals surface area contributed by atoms with Crippen molar-refractivity contribution in [2.45, 2.75) is 38.6 Å². The molecule has 4 nitrogen and oxygen atoms in total. The molecule has 1 amide bonds. The number of H-pyrrole nitrogens is 1. The van der Waals surface area contributed by atoms with Gasteiger partial charge in [-0.05, 0) is 49.8 Å². The maximum Gasteiger partial charge on any atom is 0.252 e. The van der Waals surface area contributed by atoms with Gasteiger partial charge in [0.2, 0.25) is 5.56 Å². The summed E-state index contributed by atoms with van der Waals surface area (Å²) in [7, 11) is 0. The molecule has 116 valence electrons. The van der Waals surface area contributed by atoms with Crippen LogP contribution < -0.4 is 10.9 Å². The molecule has 1 aliphatic carbocycles. The Balaban J connectivity index is 1.90. The maximum absolute atomic E-state index is 12.6. The Kier molecular flexibility index (Phi) is 4.34. The molecule has 5 heteroatoms. The topological polar surface area (TPSA) is 62.0 Å². The van der Waals surface area contributed by atoms with Gasteiger partial charge in [-0.3, -0.25) is 9.59 Å². The Labute approximate surface area is 137 Å². The number of rotatable bonds is 2. The van der Waals surface area contributed by atoms with E-state index in [0.717, 1.165) is 41.5 Å². The Morgan fingerprint density at radius 2 is 1.95 bits per heavy atom. The largest absolute Gasteiger partial charge is 0.349 e. The van der Waals surface area contributed by atoms with Crippen molar-refractivity contribution >= 4 is 32.7 Å². The number of hydrogen-bond acceptors (Lipinski definition) is 2. The number of aromatic amines is 1. The highest BCUT2D eigenvalue weighted by Gasteiger charge is 2.21. The molecule has 1 aromatic carbocycles. The van der Waals surface area contributed by atoms with Crippen LogP contribution in [0.3, 0.4) is 0 Å². The number of aromatic nitrogens is 1. The van der Waals surface area contributed by atoms with E-state index in [1.807, 2.05) is 12.1 Å². The summed E-state index contributed by atoms with van der Waals surface area (Å²) in [5, 5.41) is 3.85. The van der Waals surface area contributed by atoms with Crippen molar-refractivity contribution in [1.29, 1.82) is 0 Å². The zero-order chi connectivity index (χ0) is 15.7. The molecule has 1 heterocycles. The Bertz CT molecular complexity index is 761. The van der Waals surface area contributed by atoms with Crippen LogP contribution in [-0.4, -0.2) is 16.9 Å². The predicted molar refractivity (Wildman–Crippen MR) is 91.2 cm³/mol. The van der Waals surface area contributed by atoms with Crippen molar-refractivity contribution < 1.29 is 4.79 Å². The second kappa shape index (κ2) is 6.24. The molecule has 0 saturated heterocycles. The van der Waals surface area contributed by atoms with Crippen molar-refractivity contribution in [1.82, 2.24) is 10.3 Å². The Hall–Kier alpha value is -1.62. The number of benzene rings is 1. The quantitative estimate of drug-likeness (QED) is 0.857. The molecular weight excluding hydrogens is 344 g/mol. The van der Waals surface area contributed by atoms with Crippen LogP contribution in [0, 0.1) is 5.92 Å². The highest BCUT2D eigenvalue weighted by Crippen LogP contribution is 2.25. The Morgan fingerprint density at radius 1 is 1.23 bits per heavy atom. The van der Waals surface area contributed by atoms with Crippen molar-refractivity contribution in [3.63, 3.8) is 0 Å². The zero-order valence-electron chi connectivity index (χ0n) is 12.5. The number of pyridine rings is 1. The molecule has 0 bridgehead atoms. The van der Waals surface area contributed by atoms with Crippen LogP contribution in [0.1, 0.15) is 43.0 Å². The SMILES string of the molecule is CC1CCC(NC(=O)c2cc(=O)[nH]c3ccc(Br)cc23)CC1.